The average Bonchev–Trinajstić information content (AvgIpc) is 3.79. The molecule has 0 atom stereocenters. The smallest absolute Gasteiger partial charge is 0.146 e. The third-order valence-electron chi connectivity index (χ3n) is 9.11. The number of furan rings is 1. The van der Waals surface area contributed by atoms with Crippen molar-refractivity contribution < 1.29 is 4.42 Å². The number of nitrogens with zero attached hydrogens (tertiary/aromatic N) is 3. The first-order valence-electron chi connectivity index (χ1n) is 15.2. The molecule has 4 heteroatoms. The quantitative estimate of drug-likeness (QED) is 0.210. The Morgan fingerprint density at radius 1 is 0.444 bits per heavy atom. The molecule has 0 aliphatic heterocycles. The number of fused-ring (bicyclic) bond motifs is 11. The molecule has 0 fully saturated rings. The lowest BCUT2D eigenvalue weighted by Gasteiger charge is -2.13. The number of rotatable bonds is 3. The first-order valence-corrected chi connectivity index (χ1v) is 15.2. The summed E-state index contributed by atoms with van der Waals surface area (Å²) < 4.78 is 11.3. The summed E-state index contributed by atoms with van der Waals surface area (Å²) in [5.41, 5.74) is 9.46. The molecule has 10 aromatic rings. The molecule has 0 bridgehead atoms. The Morgan fingerprint density at radius 3 is 1.84 bits per heavy atom. The molecule has 3 heterocycles. The van der Waals surface area contributed by atoms with Crippen molar-refractivity contribution in [2.24, 2.45) is 0 Å². The number of para-hydroxylation sites is 4. The molecule has 7 aromatic carbocycles. The van der Waals surface area contributed by atoms with Crippen molar-refractivity contribution in [2.45, 2.75) is 0 Å². The number of imidazole rings is 1. The first-order chi connectivity index (χ1) is 22.3. The Morgan fingerprint density at radius 2 is 1.04 bits per heavy atom. The van der Waals surface area contributed by atoms with E-state index >= 15 is 0 Å². The van der Waals surface area contributed by atoms with Crippen molar-refractivity contribution in [3.05, 3.63) is 152 Å². The van der Waals surface area contributed by atoms with Gasteiger partial charge < -0.3 is 8.98 Å². The topological polar surface area (TPSA) is 35.9 Å². The van der Waals surface area contributed by atoms with Crippen molar-refractivity contribution in [1.82, 2.24) is 14.1 Å². The molecule has 210 valence electrons. The second kappa shape index (κ2) is 9.18. The van der Waals surface area contributed by atoms with Crippen LogP contribution in [0.5, 0.6) is 0 Å². The fourth-order valence-electron chi connectivity index (χ4n) is 7.21. The number of aromatic nitrogens is 3. The lowest BCUT2D eigenvalue weighted by atomic mass is 9.99. The van der Waals surface area contributed by atoms with Crippen LogP contribution in [0.1, 0.15) is 0 Å². The molecule has 0 amide bonds. The van der Waals surface area contributed by atoms with Gasteiger partial charge in [0.05, 0.1) is 27.5 Å². The fourth-order valence-corrected chi connectivity index (χ4v) is 7.21. The lowest BCUT2D eigenvalue weighted by molar-refractivity contribution is 0.673. The highest BCUT2D eigenvalue weighted by Gasteiger charge is 2.22. The summed E-state index contributed by atoms with van der Waals surface area (Å²) >= 11 is 0. The first kappa shape index (κ1) is 24.3. The van der Waals surface area contributed by atoms with Crippen molar-refractivity contribution in [2.75, 3.05) is 0 Å². The Labute approximate surface area is 258 Å². The zero-order valence-corrected chi connectivity index (χ0v) is 24.2. The fraction of sp³-hybridized carbons (Fsp3) is 0. The molecule has 0 radical (unpaired) electrons. The van der Waals surface area contributed by atoms with Crippen LogP contribution in [0.3, 0.4) is 0 Å². The summed E-state index contributed by atoms with van der Waals surface area (Å²) in [5.74, 6) is 0.930. The van der Waals surface area contributed by atoms with E-state index in [9.17, 15) is 0 Å². The molecule has 0 spiro atoms. The molecule has 0 unspecified atom stereocenters. The number of hydrogen-bond donors (Lipinski definition) is 0. The maximum atomic E-state index is 6.67. The van der Waals surface area contributed by atoms with E-state index in [0.717, 1.165) is 66.8 Å². The highest BCUT2D eigenvalue weighted by Crippen LogP contribution is 2.45. The summed E-state index contributed by atoms with van der Waals surface area (Å²) in [6.07, 6.45) is 0. The van der Waals surface area contributed by atoms with Gasteiger partial charge in [0.15, 0.2) is 0 Å². The summed E-state index contributed by atoms with van der Waals surface area (Å²) in [7, 11) is 0. The number of hydrogen-bond acceptors (Lipinski definition) is 2. The SMILES string of the molecule is c1ccc(-c2nc3ccccc3n2-c2ccc(-n3c4ccccc4c4c5oc6ccccc6c5c5ccccc5c43)cc2)cc1. The second-order valence-electron chi connectivity index (χ2n) is 11.6. The van der Waals surface area contributed by atoms with Crippen molar-refractivity contribution in [3.63, 3.8) is 0 Å². The monoisotopic (exact) mass is 575 g/mol. The van der Waals surface area contributed by atoms with E-state index < -0.39 is 0 Å². The van der Waals surface area contributed by atoms with Gasteiger partial charge in [-0.2, -0.15) is 0 Å². The molecule has 3 aromatic heterocycles. The van der Waals surface area contributed by atoms with Gasteiger partial charge in [-0.3, -0.25) is 4.57 Å². The van der Waals surface area contributed by atoms with Crippen molar-refractivity contribution in [3.8, 4) is 22.8 Å². The average molecular weight is 576 g/mol. The van der Waals surface area contributed by atoms with Crippen LogP contribution in [0.2, 0.25) is 0 Å². The van der Waals surface area contributed by atoms with Crippen LogP contribution >= 0.6 is 0 Å². The largest absolute Gasteiger partial charge is 0.455 e. The predicted octanol–water partition coefficient (Wildman–Crippen LogP) is 10.8. The van der Waals surface area contributed by atoms with Gasteiger partial charge >= 0.3 is 0 Å². The van der Waals surface area contributed by atoms with Crippen LogP contribution in [0.15, 0.2) is 156 Å². The van der Waals surface area contributed by atoms with Gasteiger partial charge in [0, 0.05) is 38.5 Å². The minimum atomic E-state index is 0.910. The maximum absolute atomic E-state index is 6.67. The van der Waals surface area contributed by atoms with Crippen LogP contribution in [0.4, 0.5) is 0 Å². The molecule has 4 nitrogen and oxygen atoms in total. The highest BCUT2D eigenvalue weighted by molar-refractivity contribution is 6.35. The molecule has 0 aliphatic carbocycles. The zero-order chi connectivity index (χ0) is 29.5. The third-order valence-corrected chi connectivity index (χ3v) is 9.11. The van der Waals surface area contributed by atoms with Gasteiger partial charge in [0.25, 0.3) is 0 Å². The Hall–Kier alpha value is -6.13. The minimum Gasteiger partial charge on any atom is -0.455 e. The number of benzene rings is 7. The molecule has 0 saturated carbocycles. The van der Waals surface area contributed by atoms with E-state index in [0.29, 0.717) is 0 Å². The highest BCUT2D eigenvalue weighted by atomic mass is 16.3. The lowest BCUT2D eigenvalue weighted by Crippen LogP contribution is -1.99. The van der Waals surface area contributed by atoms with E-state index in [1.807, 2.05) is 18.2 Å². The van der Waals surface area contributed by atoms with E-state index in [4.69, 9.17) is 9.40 Å². The third kappa shape index (κ3) is 3.39. The van der Waals surface area contributed by atoms with Crippen molar-refractivity contribution in [1.29, 1.82) is 0 Å². The van der Waals surface area contributed by atoms with Crippen LogP contribution < -0.4 is 0 Å². The Bertz CT molecular complexity index is 2750. The molecule has 10 rings (SSSR count). The zero-order valence-electron chi connectivity index (χ0n) is 24.2. The summed E-state index contributed by atoms with van der Waals surface area (Å²) in [5, 5.41) is 7.05. The Balaban J connectivity index is 1.27. The standard InChI is InChI=1S/C41H25N3O/c1-2-12-26(13-3-1)41-42-33-18-8-10-20-35(33)44(41)28-24-22-27(23-25-28)43-34-19-9-6-16-31(34)38-39(43)30-15-5-4-14-29(30)37-32-17-7-11-21-36(32)45-40(37)38/h1-25H. The minimum absolute atomic E-state index is 0.910. The molecule has 45 heavy (non-hydrogen) atoms. The molecular formula is C41H25N3O. The molecule has 0 N–H and O–H groups in total. The van der Waals surface area contributed by atoms with E-state index in [1.54, 1.807) is 0 Å². The van der Waals surface area contributed by atoms with Crippen LogP contribution in [0.25, 0.3) is 88.3 Å². The normalized spacial score (nSPS) is 12.0. The van der Waals surface area contributed by atoms with E-state index in [1.165, 1.54) is 21.5 Å². The summed E-state index contributed by atoms with van der Waals surface area (Å²) in [4.78, 5) is 5.04. The van der Waals surface area contributed by atoms with Gasteiger partial charge in [0.1, 0.15) is 17.0 Å². The van der Waals surface area contributed by atoms with E-state index in [2.05, 4.69) is 143 Å². The second-order valence-corrected chi connectivity index (χ2v) is 11.6. The van der Waals surface area contributed by atoms with Gasteiger partial charge in [0.2, 0.25) is 0 Å². The van der Waals surface area contributed by atoms with Gasteiger partial charge in [-0.25, -0.2) is 4.98 Å². The van der Waals surface area contributed by atoms with Gasteiger partial charge in [-0.15, -0.1) is 0 Å². The molecule has 0 aliphatic rings. The van der Waals surface area contributed by atoms with Crippen LogP contribution in [-0.4, -0.2) is 14.1 Å². The predicted molar refractivity (Wildman–Crippen MR) is 186 cm³/mol. The van der Waals surface area contributed by atoms with Gasteiger partial charge in [-0.1, -0.05) is 103 Å². The Kier molecular flexibility index (Phi) is 4.96. The van der Waals surface area contributed by atoms with Crippen LogP contribution in [0, 0.1) is 0 Å². The molecule has 0 saturated heterocycles. The maximum Gasteiger partial charge on any atom is 0.146 e. The summed E-state index contributed by atoms with van der Waals surface area (Å²) in [6.45, 7) is 0. The summed E-state index contributed by atoms with van der Waals surface area (Å²) in [6, 6.07) is 53.4. The molecular weight excluding hydrogens is 550 g/mol. The van der Waals surface area contributed by atoms with Crippen LogP contribution in [-0.2, 0) is 0 Å². The van der Waals surface area contributed by atoms with Crippen molar-refractivity contribution >= 4 is 65.6 Å². The van der Waals surface area contributed by atoms with Gasteiger partial charge in [-0.05, 0) is 53.9 Å². The van der Waals surface area contributed by atoms with E-state index in [-0.39, 0.29) is 0 Å².